The highest BCUT2D eigenvalue weighted by Crippen LogP contribution is 2.30. The van der Waals surface area contributed by atoms with Gasteiger partial charge in [-0.25, -0.2) is 12.8 Å². The van der Waals surface area contributed by atoms with Crippen molar-refractivity contribution in [3.63, 3.8) is 0 Å². The van der Waals surface area contributed by atoms with Crippen LogP contribution in [0.15, 0.2) is 77.7 Å². The number of nitrogens with zero attached hydrogens (tertiary/aromatic N) is 1. The molecule has 0 aliphatic heterocycles. The summed E-state index contributed by atoms with van der Waals surface area (Å²) >= 11 is 0. The van der Waals surface area contributed by atoms with Crippen LogP contribution in [0.4, 0.5) is 10.1 Å². The standard InChI is InChI=1S/C24H23FN2O3S/c1-17-5-11-21(12-6-17)26-31(29,30)23-4-2-3-19(15-23)24(28)27(22-13-14-22)16-18-7-9-20(25)10-8-18/h2-12,15,22,26H,13-14,16H2,1H3. The lowest BCUT2D eigenvalue weighted by molar-refractivity contribution is 0.0729. The molecule has 4 rings (SSSR count). The van der Waals surface area contributed by atoms with E-state index in [0.29, 0.717) is 17.8 Å². The summed E-state index contributed by atoms with van der Waals surface area (Å²) in [7, 11) is -3.84. The lowest BCUT2D eigenvalue weighted by atomic mass is 10.1. The van der Waals surface area contributed by atoms with Crippen molar-refractivity contribution in [2.75, 3.05) is 4.72 Å². The highest BCUT2D eigenvalue weighted by molar-refractivity contribution is 7.92. The second-order valence-corrected chi connectivity index (χ2v) is 9.47. The number of aryl methyl sites for hydroxylation is 1. The molecule has 1 saturated carbocycles. The molecule has 0 heterocycles. The van der Waals surface area contributed by atoms with Crippen molar-refractivity contribution in [3.05, 3.63) is 95.3 Å². The zero-order valence-corrected chi connectivity index (χ0v) is 17.9. The van der Waals surface area contributed by atoms with Crippen molar-refractivity contribution in [1.29, 1.82) is 0 Å². The fraction of sp³-hybridized carbons (Fsp3) is 0.208. The monoisotopic (exact) mass is 438 g/mol. The molecule has 0 saturated heterocycles. The molecule has 1 fully saturated rings. The molecule has 160 valence electrons. The van der Waals surface area contributed by atoms with E-state index >= 15 is 0 Å². The first-order chi connectivity index (χ1) is 14.8. The van der Waals surface area contributed by atoms with Crippen LogP contribution in [0, 0.1) is 12.7 Å². The third-order valence-corrected chi connectivity index (χ3v) is 6.59. The van der Waals surface area contributed by atoms with Crippen molar-refractivity contribution in [1.82, 2.24) is 4.90 Å². The van der Waals surface area contributed by atoms with Gasteiger partial charge in [-0.1, -0.05) is 35.9 Å². The Morgan fingerprint density at radius 1 is 1.03 bits per heavy atom. The van der Waals surface area contributed by atoms with Crippen LogP contribution in [0.5, 0.6) is 0 Å². The number of sulfonamides is 1. The second-order valence-electron chi connectivity index (χ2n) is 7.79. The van der Waals surface area contributed by atoms with Crippen LogP contribution in [-0.4, -0.2) is 25.3 Å². The highest BCUT2D eigenvalue weighted by Gasteiger charge is 2.33. The molecule has 0 atom stereocenters. The molecular weight excluding hydrogens is 415 g/mol. The largest absolute Gasteiger partial charge is 0.331 e. The van der Waals surface area contributed by atoms with Gasteiger partial charge in [0.2, 0.25) is 0 Å². The minimum Gasteiger partial charge on any atom is -0.331 e. The van der Waals surface area contributed by atoms with E-state index in [1.807, 2.05) is 19.1 Å². The van der Waals surface area contributed by atoms with Crippen molar-refractivity contribution < 1.29 is 17.6 Å². The van der Waals surface area contributed by atoms with Crippen LogP contribution in [0.1, 0.15) is 34.3 Å². The van der Waals surface area contributed by atoms with E-state index in [0.717, 1.165) is 24.0 Å². The van der Waals surface area contributed by atoms with E-state index < -0.39 is 10.0 Å². The zero-order valence-electron chi connectivity index (χ0n) is 17.1. The number of nitrogens with one attached hydrogen (secondary N) is 1. The fourth-order valence-corrected chi connectivity index (χ4v) is 4.44. The molecular formula is C24H23FN2O3S. The van der Waals surface area contributed by atoms with Crippen LogP contribution in [0.3, 0.4) is 0 Å². The Labute approximate surface area is 181 Å². The number of carbonyl (C=O) groups excluding carboxylic acids is 1. The first kappa shape index (κ1) is 21.1. The number of anilines is 1. The molecule has 3 aromatic carbocycles. The summed E-state index contributed by atoms with van der Waals surface area (Å²) in [5.41, 5.74) is 2.61. The maximum atomic E-state index is 13.2. The van der Waals surface area contributed by atoms with Gasteiger partial charge in [0.05, 0.1) is 4.90 Å². The fourth-order valence-electron chi connectivity index (χ4n) is 3.34. The van der Waals surface area contributed by atoms with Crippen LogP contribution < -0.4 is 4.72 Å². The third-order valence-electron chi connectivity index (χ3n) is 5.21. The van der Waals surface area contributed by atoms with Gasteiger partial charge in [-0.05, 0) is 67.8 Å². The minimum atomic E-state index is -3.84. The lowest BCUT2D eigenvalue weighted by Gasteiger charge is -2.23. The summed E-state index contributed by atoms with van der Waals surface area (Å²) < 4.78 is 41.4. The van der Waals surface area contributed by atoms with Gasteiger partial charge in [-0.2, -0.15) is 0 Å². The van der Waals surface area contributed by atoms with Gasteiger partial charge in [-0.3, -0.25) is 9.52 Å². The summed E-state index contributed by atoms with van der Waals surface area (Å²) in [6.45, 7) is 2.27. The first-order valence-electron chi connectivity index (χ1n) is 10.1. The molecule has 0 radical (unpaired) electrons. The molecule has 0 unspecified atom stereocenters. The van der Waals surface area contributed by atoms with E-state index in [9.17, 15) is 17.6 Å². The number of benzene rings is 3. The topological polar surface area (TPSA) is 66.5 Å². The quantitative estimate of drug-likeness (QED) is 0.579. The third kappa shape index (κ3) is 5.11. The molecule has 3 aromatic rings. The normalized spacial score (nSPS) is 13.6. The maximum Gasteiger partial charge on any atom is 0.261 e. The van der Waals surface area contributed by atoms with Gasteiger partial charge in [0.1, 0.15) is 5.82 Å². The smallest absolute Gasteiger partial charge is 0.261 e. The highest BCUT2D eigenvalue weighted by atomic mass is 32.2. The zero-order chi connectivity index (χ0) is 22.0. The summed E-state index contributed by atoms with van der Waals surface area (Å²) in [6, 6.07) is 19.3. The molecule has 1 N–H and O–H groups in total. The molecule has 5 nitrogen and oxygen atoms in total. The van der Waals surface area contributed by atoms with E-state index in [1.165, 1.54) is 24.3 Å². The van der Waals surface area contributed by atoms with Crippen molar-refractivity contribution >= 4 is 21.6 Å². The SMILES string of the molecule is Cc1ccc(NS(=O)(=O)c2cccc(C(=O)N(Cc3ccc(F)cc3)C3CC3)c2)cc1. The Balaban J connectivity index is 1.56. The number of halogens is 1. The van der Waals surface area contributed by atoms with Crippen LogP contribution in [0.25, 0.3) is 0 Å². The Bertz CT molecular complexity index is 1190. The molecule has 31 heavy (non-hydrogen) atoms. The van der Waals surface area contributed by atoms with Gasteiger partial charge >= 0.3 is 0 Å². The molecule has 0 aromatic heterocycles. The average molecular weight is 439 g/mol. The Kier molecular flexibility index (Phi) is 5.78. The van der Waals surface area contributed by atoms with E-state index in [2.05, 4.69) is 4.72 Å². The van der Waals surface area contributed by atoms with Crippen LogP contribution in [-0.2, 0) is 16.6 Å². The minimum absolute atomic E-state index is 0.0245. The second kappa shape index (κ2) is 8.51. The van der Waals surface area contributed by atoms with Crippen molar-refractivity contribution in [3.8, 4) is 0 Å². The molecule has 0 spiro atoms. The summed E-state index contributed by atoms with van der Waals surface area (Å²) in [5, 5.41) is 0. The van der Waals surface area contributed by atoms with E-state index in [1.54, 1.807) is 41.3 Å². The summed E-state index contributed by atoms with van der Waals surface area (Å²) in [4.78, 5) is 15.0. The number of hydrogen-bond donors (Lipinski definition) is 1. The maximum absolute atomic E-state index is 13.2. The summed E-state index contributed by atoms with van der Waals surface area (Å²) in [5.74, 6) is -0.564. The number of rotatable bonds is 7. The van der Waals surface area contributed by atoms with Gasteiger partial charge < -0.3 is 4.90 Å². The number of amides is 1. The van der Waals surface area contributed by atoms with Crippen LogP contribution >= 0.6 is 0 Å². The Morgan fingerprint density at radius 2 is 1.71 bits per heavy atom. The van der Waals surface area contributed by atoms with Gasteiger partial charge in [-0.15, -0.1) is 0 Å². The average Bonchev–Trinajstić information content (AvgIpc) is 3.60. The lowest BCUT2D eigenvalue weighted by Crippen LogP contribution is -2.32. The molecule has 1 aliphatic carbocycles. The van der Waals surface area contributed by atoms with Gasteiger partial charge in [0, 0.05) is 23.8 Å². The van der Waals surface area contributed by atoms with Gasteiger partial charge in [0.25, 0.3) is 15.9 Å². The predicted octanol–water partition coefficient (Wildman–Crippen LogP) is 4.74. The van der Waals surface area contributed by atoms with Crippen molar-refractivity contribution in [2.24, 2.45) is 0 Å². The van der Waals surface area contributed by atoms with Gasteiger partial charge in [0.15, 0.2) is 0 Å². The predicted molar refractivity (Wildman–Crippen MR) is 118 cm³/mol. The Morgan fingerprint density at radius 3 is 2.35 bits per heavy atom. The molecule has 1 amide bonds. The molecule has 1 aliphatic rings. The number of carbonyl (C=O) groups is 1. The van der Waals surface area contributed by atoms with E-state index in [-0.39, 0.29) is 22.7 Å². The summed E-state index contributed by atoms with van der Waals surface area (Å²) in [6.07, 6.45) is 1.81. The number of hydrogen-bond acceptors (Lipinski definition) is 3. The molecule has 0 bridgehead atoms. The first-order valence-corrected chi connectivity index (χ1v) is 11.6. The Hall–Kier alpha value is -3.19. The van der Waals surface area contributed by atoms with Crippen molar-refractivity contribution in [2.45, 2.75) is 37.2 Å². The molecule has 7 heteroatoms. The van der Waals surface area contributed by atoms with E-state index in [4.69, 9.17) is 0 Å². The van der Waals surface area contributed by atoms with Crippen LogP contribution in [0.2, 0.25) is 0 Å².